The first-order chi connectivity index (χ1) is 10.0. The lowest BCUT2D eigenvalue weighted by Crippen LogP contribution is -2.30. The molecule has 0 aliphatic rings. The van der Waals surface area contributed by atoms with Gasteiger partial charge in [-0.05, 0) is 41.6 Å². The van der Waals surface area contributed by atoms with Crippen molar-refractivity contribution in [3.05, 3.63) is 58.7 Å². The highest BCUT2D eigenvalue weighted by molar-refractivity contribution is 14.1. The van der Waals surface area contributed by atoms with Crippen LogP contribution in [0.1, 0.15) is 22.3 Å². The number of rotatable bonds is 5. The van der Waals surface area contributed by atoms with Gasteiger partial charge in [0.15, 0.2) is 0 Å². The van der Waals surface area contributed by atoms with Crippen molar-refractivity contribution in [3.8, 4) is 5.75 Å². The molecule has 0 saturated carbocycles. The predicted octanol–water partition coefficient (Wildman–Crippen LogP) is 2.50. The number of halogens is 1. The fourth-order valence-electron chi connectivity index (χ4n) is 2.32. The molecule has 110 valence electrons. The first-order valence-electron chi connectivity index (χ1n) is 6.75. The maximum absolute atomic E-state index is 9.24. The fourth-order valence-corrected chi connectivity index (χ4v) is 2.79. The van der Waals surface area contributed by atoms with Gasteiger partial charge in [0, 0.05) is 4.43 Å². The second kappa shape index (κ2) is 7.29. The van der Waals surface area contributed by atoms with E-state index in [9.17, 15) is 10.0 Å². The van der Waals surface area contributed by atoms with Crippen LogP contribution in [-0.2, 0) is 11.0 Å². The quantitative estimate of drug-likeness (QED) is 0.464. The van der Waals surface area contributed by atoms with Crippen LogP contribution in [-0.4, -0.2) is 17.2 Å². The number of hydrogen-bond donors (Lipinski definition) is 2. The average molecular weight is 396 g/mol. The number of hydrogen-bond acceptors (Lipinski definition) is 3. The van der Waals surface area contributed by atoms with E-state index in [-0.39, 0.29) is 0 Å². The largest absolute Gasteiger partial charge is 0.488 e. The van der Waals surface area contributed by atoms with E-state index in [0.29, 0.717) is 12.1 Å². The summed E-state index contributed by atoms with van der Waals surface area (Å²) in [5.41, 5.74) is 4.72. The molecule has 2 rings (SSSR count). The molecule has 2 aromatic rings. The molecular weight excluding hydrogens is 378 g/mol. The molecule has 0 radical (unpaired) electrons. The van der Waals surface area contributed by atoms with Gasteiger partial charge < -0.3 is 14.8 Å². The Morgan fingerprint density at radius 1 is 1.05 bits per heavy atom. The van der Waals surface area contributed by atoms with Crippen molar-refractivity contribution in [3.63, 3.8) is 0 Å². The van der Waals surface area contributed by atoms with Gasteiger partial charge in [0.1, 0.15) is 12.4 Å². The molecule has 0 fully saturated rings. The second-order valence-electron chi connectivity index (χ2n) is 5.10. The second-order valence-corrected chi connectivity index (χ2v) is 5.86. The highest BCUT2D eigenvalue weighted by Crippen LogP contribution is 2.23. The molecule has 0 amide bonds. The van der Waals surface area contributed by atoms with Crippen molar-refractivity contribution in [1.82, 2.24) is 0 Å². The minimum atomic E-state index is -1.45. The van der Waals surface area contributed by atoms with Crippen molar-refractivity contribution in [1.29, 1.82) is 0 Å². The average Bonchev–Trinajstić information content (AvgIpc) is 2.46. The Bertz CT molecular complexity index is 606. The summed E-state index contributed by atoms with van der Waals surface area (Å²) in [5, 5.41) is 18.5. The van der Waals surface area contributed by atoms with E-state index >= 15 is 0 Å². The van der Waals surface area contributed by atoms with E-state index in [1.165, 1.54) is 5.56 Å². The van der Waals surface area contributed by atoms with Gasteiger partial charge in [-0.1, -0.05) is 59.0 Å². The number of ether oxygens (including phenoxy) is 1. The third kappa shape index (κ3) is 4.21. The van der Waals surface area contributed by atoms with E-state index in [4.69, 9.17) is 4.74 Å². The molecule has 0 aliphatic heterocycles. The summed E-state index contributed by atoms with van der Waals surface area (Å²) < 4.78 is 6.90. The van der Waals surface area contributed by atoms with Crippen molar-refractivity contribution >= 4 is 35.2 Å². The summed E-state index contributed by atoms with van der Waals surface area (Å²) in [5.74, 6) is 0.805. The molecular formula is C16H18BIO3. The molecule has 0 aliphatic carbocycles. The molecule has 0 atom stereocenters. The Morgan fingerprint density at radius 2 is 1.67 bits per heavy atom. The Balaban J connectivity index is 2.16. The SMILES string of the molecule is Cc1cc(B(O)O)cc(C)c1OCc1cccc(CI)c1. The lowest BCUT2D eigenvalue weighted by molar-refractivity contribution is 0.302. The van der Waals surface area contributed by atoms with Crippen LogP contribution < -0.4 is 10.2 Å². The maximum atomic E-state index is 9.24. The summed E-state index contributed by atoms with van der Waals surface area (Å²) in [7, 11) is -1.45. The van der Waals surface area contributed by atoms with E-state index in [0.717, 1.165) is 26.9 Å². The maximum Gasteiger partial charge on any atom is 0.488 e. The van der Waals surface area contributed by atoms with Gasteiger partial charge in [0.05, 0.1) is 0 Å². The van der Waals surface area contributed by atoms with Crippen molar-refractivity contribution < 1.29 is 14.8 Å². The normalized spacial score (nSPS) is 10.5. The van der Waals surface area contributed by atoms with Crippen LogP contribution in [0.3, 0.4) is 0 Å². The molecule has 3 nitrogen and oxygen atoms in total. The highest BCUT2D eigenvalue weighted by atomic mass is 127. The van der Waals surface area contributed by atoms with Gasteiger partial charge in [0.25, 0.3) is 0 Å². The van der Waals surface area contributed by atoms with Gasteiger partial charge in [-0.25, -0.2) is 0 Å². The summed E-state index contributed by atoms with van der Waals surface area (Å²) in [6, 6.07) is 11.8. The molecule has 2 aromatic carbocycles. The van der Waals surface area contributed by atoms with Crippen LogP contribution in [0.25, 0.3) is 0 Å². The number of alkyl halides is 1. The van der Waals surface area contributed by atoms with Crippen LogP contribution in [0.2, 0.25) is 0 Å². The molecule has 0 unspecified atom stereocenters. The summed E-state index contributed by atoms with van der Waals surface area (Å²) in [4.78, 5) is 0. The summed E-state index contributed by atoms with van der Waals surface area (Å²) >= 11 is 2.34. The van der Waals surface area contributed by atoms with Gasteiger partial charge in [0.2, 0.25) is 0 Å². The van der Waals surface area contributed by atoms with E-state index in [1.54, 1.807) is 12.1 Å². The van der Waals surface area contributed by atoms with E-state index in [2.05, 4.69) is 34.7 Å². The number of benzene rings is 2. The van der Waals surface area contributed by atoms with Gasteiger partial charge >= 0.3 is 7.12 Å². The molecule has 21 heavy (non-hydrogen) atoms. The molecule has 0 spiro atoms. The molecule has 0 bridgehead atoms. The Hall–Kier alpha value is -1.05. The van der Waals surface area contributed by atoms with E-state index < -0.39 is 7.12 Å². The third-order valence-corrected chi connectivity index (χ3v) is 4.19. The molecule has 2 N–H and O–H groups in total. The lowest BCUT2D eigenvalue weighted by Gasteiger charge is -2.14. The monoisotopic (exact) mass is 396 g/mol. The summed E-state index contributed by atoms with van der Waals surface area (Å²) in [6.45, 7) is 4.33. The van der Waals surface area contributed by atoms with Crippen molar-refractivity contribution in [2.24, 2.45) is 0 Å². The van der Waals surface area contributed by atoms with Gasteiger partial charge in [-0.15, -0.1) is 0 Å². The zero-order valence-electron chi connectivity index (χ0n) is 12.1. The summed E-state index contributed by atoms with van der Waals surface area (Å²) in [6.07, 6.45) is 0. The van der Waals surface area contributed by atoms with Gasteiger partial charge in [-0.3, -0.25) is 0 Å². The fraction of sp³-hybridized carbons (Fsp3) is 0.250. The zero-order valence-corrected chi connectivity index (χ0v) is 14.3. The van der Waals surface area contributed by atoms with Crippen LogP contribution >= 0.6 is 22.6 Å². The van der Waals surface area contributed by atoms with Crippen molar-refractivity contribution in [2.75, 3.05) is 0 Å². The zero-order chi connectivity index (χ0) is 15.4. The molecule has 0 saturated heterocycles. The highest BCUT2D eigenvalue weighted by Gasteiger charge is 2.15. The lowest BCUT2D eigenvalue weighted by atomic mass is 9.78. The first kappa shape index (κ1) is 16.3. The Kier molecular flexibility index (Phi) is 5.67. The molecule has 0 heterocycles. The Labute approximate surface area is 139 Å². The van der Waals surface area contributed by atoms with Crippen molar-refractivity contribution in [2.45, 2.75) is 24.9 Å². The number of aryl methyl sites for hydroxylation is 2. The minimum absolute atomic E-state index is 0.490. The minimum Gasteiger partial charge on any atom is -0.488 e. The third-order valence-electron chi connectivity index (χ3n) is 3.31. The smallest absolute Gasteiger partial charge is 0.488 e. The Morgan fingerprint density at radius 3 is 2.24 bits per heavy atom. The van der Waals surface area contributed by atoms with Crippen LogP contribution in [0.4, 0.5) is 0 Å². The molecule has 0 aromatic heterocycles. The van der Waals surface area contributed by atoms with E-state index in [1.807, 2.05) is 26.0 Å². The topological polar surface area (TPSA) is 49.7 Å². The van der Waals surface area contributed by atoms with Gasteiger partial charge in [-0.2, -0.15) is 0 Å². The standard InChI is InChI=1S/C16H18BIO3/c1-11-6-15(17(19)20)7-12(2)16(11)21-10-14-5-3-4-13(8-14)9-18/h3-8,19-20H,9-10H2,1-2H3. The van der Waals surface area contributed by atoms with Crippen LogP contribution in [0.15, 0.2) is 36.4 Å². The predicted molar refractivity (Wildman–Crippen MR) is 94.2 cm³/mol. The van der Waals surface area contributed by atoms with Crippen LogP contribution in [0, 0.1) is 13.8 Å². The van der Waals surface area contributed by atoms with Crippen LogP contribution in [0.5, 0.6) is 5.75 Å². The molecule has 5 heteroatoms. The first-order valence-corrected chi connectivity index (χ1v) is 8.27.